The van der Waals surface area contributed by atoms with Gasteiger partial charge in [0.1, 0.15) is 5.82 Å². The van der Waals surface area contributed by atoms with E-state index < -0.39 is 11.7 Å². The third kappa shape index (κ3) is 5.93. The zero-order chi connectivity index (χ0) is 23.3. The first-order chi connectivity index (χ1) is 15.2. The van der Waals surface area contributed by atoms with Gasteiger partial charge in [-0.05, 0) is 30.5 Å². The van der Waals surface area contributed by atoms with Crippen LogP contribution in [0, 0.1) is 11.7 Å². The molecule has 0 saturated carbocycles. The van der Waals surface area contributed by atoms with Crippen molar-refractivity contribution in [1.29, 1.82) is 0 Å². The van der Waals surface area contributed by atoms with Crippen LogP contribution < -0.4 is 10.6 Å². The van der Waals surface area contributed by atoms with Gasteiger partial charge in [0, 0.05) is 62.9 Å². The fourth-order valence-corrected chi connectivity index (χ4v) is 3.71. The van der Waals surface area contributed by atoms with Crippen LogP contribution >= 0.6 is 0 Å². The molecular weight excluding hydrogens is 413 g/mol. The first-order valence-corrected chi connectivity index (χ1v) is 10.9. The van der Waals surface area contributed by atoms with E-state index in [2.05, 4.69) is 29.6 Å². The number of carbonyl (C=O) groups is 3. The molecule has 2 N–H and O–H groups in total. The van der Waals surface area contributed by atoms with Gasteiger partial charge in [-0.1, -0.05) is 19.9 Å². The summed E-state index contributed by atoms with van der Waals surface area (Å²) in [6.45, 7) is 5.54. The summed E-state index contributed by atoms with van der Waals surface area (Å²) in [7, 11) is 1.76. The highest BCUT2D eigenvalue weighted by atomic mass is 19.1. The van der Waals surface area contributed by atoms with E-state index in [-0.39, 0.29) is 36.9 Å². The van der Waals surface area contributed by atoms with E-state index in [1.807, 2.05) is 0 Å². The number of amides is 3. The summed E-state index contributed by atoms with van der Waals surface area (Å²) < 4.78 is 15.1. The number of halogens is 1. The highest BCUT2D eigenvalue weighted by Crippen LogP contribution is 2.24. The molecule has 0 spiro atoms. The molecule has 0 aliphatic carbocycles. The summed E-state index contributed by atoms with van der Waals surface area (Å²) >= 11 is 0. The van der Waals surface area contributed by atoms with Gasteiger partial charge < -0.3 is 15.5 Å². The number of aryl methyl sites for hydroxylation is 1. The molecule has 8 nitrogen and oxygen atoms in total. The van der Waals surface area contributed by atoms with Crippen molar-refractivity contribution in [2.75, 3.05) is 18.4 Å². The van der Waals surface area contributed by atoms with Gasteiger partial charge in [-0.3, -0.25) is 19.1 Å². The maximum atomic E-state index is 13.4. The number of carbonyl (C=O) groups excluding carboxylic acids is 3. The number of nitrogens with zero attached hydrogens (tertiary/aromatic N) is 3. The molecule has 0 radical (unpaired) electrons. The molecule has 0 fully saturated rings. The number of anilines is 1. The largest absolute Gasteiger partial charge is 0.356 e. The summed E-state index contributed by atoms with van der Waals surface area (Å²) in [6, 6.07) is 5.64. The van der Waals surface area contributed by atoms with Crippen LogP contribution in [0.3, 0.4) is 0 Å². The van der Waals surface area contributed by atoms with Crippen LogP contribution in [0.2, 0.25) is 0 Å². The van der Waals surface area contributed by atoms with Crippen molar-refractivity contribution in [3.8, 4) is 0 Å². The third-order valence-corrected chi connectivity index (χ3v) is 5.50. The highest BCUT2D eigenvalue weighted by molar-refractivity contribution is 6.04. The lowest BCUT2D eigenvalue weighted by Crippen LogP contribution is -2.37. The Hall–Kier alpha value is -3.23. The highest BCUT2D eigenvalue weighted by Gasteiger charge is 2.29. The van der Waals surface area contributed by atoms with Crippen molar-refractivity contribution in [2.45, 2.75) is 46.1 Å². The number of fused-ring (bicyclic) bond motifs is 1. The zero-order valence-electron chi connectivity index (χ0n) is 18.8. The minimum absolute atomic E-state index is 0.119. The molecule has 2 aromatic rings. The molecule has 0 bridgehead atoms. The molecule has 172 valence electrons. The normalized spacial score (nSPS) is 13.1. The monoisotopic (exact) mass is 443 g/mol. The standard InChI is InChI=1S/C23H30FN5O3/c1-15(2)9-11-25-20(30)7-8-21(31)29-12-10-19-18(14-29)22(27-28(19)3)23(32)26-17-6-4-5-16(24)13-17/h4-6,13,15H,7-12,14H2,1-3H3,(H,25,30)(H,26,32). The van der Waals surface area contributed by atoms with Gasteiger partial charge in [0.2, 0.25) is 11.8 Å². The molecule has 0 unspecified atom stereocenters. The van der Waals surface area contributed by atoms with Crippen molar-refractivity contribution in [3.05, 3.63) is 47.0 Å². The molecule has 3 rings (SSSR count). The van der Waals surface area contributed by atoms with Crippen molar-refractivity contribution in [1.82, 2.24) is 20.0 Å². The topological polar surface area (TPSA) is 96.3 Å². The summed E-state index contributed by atoms with van der Waals surface area (Å²) in [4.78, 5) is 39.1. The van der Waals surface area contributed by atoms with Crippen LogP contribution in [0.25, 0.3) is 0 Å². The second-order valence-electron chi connectivity index (χ2n) is 8.46. The van der Waals surface area contributed by atoms with Crippen molar-refractivity contribution >= 4 is 23.4 Å². The Bertz CT molecular complexity index is 1000. The average molecular weight is 444 g/mol. The molecule has 2 heterocycles. The van der Waals surface area contributed by atoms with E-state index in [4.69, 9.17) is 0 Å². The summed E-state index contributed by atoms with van der Waals surface area (Å²) in [5, 5.41) is 9.84. The van der Waals surface area contributed by atoms with Gasteiger partial charge in [-0.2, -0.15) is 5.10 Å². The number of hydrogen-bond acceptors (Lipinski definition) is 4. The summed E-state index contributed by atoms with van der Waals surface area (Å²) in [5.41, 5.74) is 2.13. The van der Waals surface area contributed by atoms with E-state index in [9.17, 15) is 18.8 Å². The van der Waals surface area contributed by atoms with E-state index in [1.165, 1.54) is 18.2 Å². The van der Waals surface area contributed by atoms with Gasteiger partial charge in [0.25, 0.3) is 5.91 Å². The van der Waals surface area contributed by atoms with Crippen molar-refractivity contribution in [3.63, 3.8) is 0 Å². The second-order valence-corrected chi connectivity index (χ2v) is 8.46. The molecule has 1 aromatic heterocycles. The Labute approximate surface area is 187 Å². The lowest BCUT2D eigenvalue weighted by atomic mass is 10.0. The van der Waals surface area contributed by atoms with Crippen LogP contribution in [0.15, 0.2) is 24.3 Å². The minimum atomic E-state index is -0.453. The first-order valence-electron chi connectivity index (χ1n) is 10.9. The van der Waals surface area contributed by atoms with E-state index >= 15 is 0 Å². The molecule has 3 amide bonds. The molecular formula is C23H30FN5O3. The molecule has 0 atom stereocenters. The van der Waals surface area contributed by atoms with Crippen molar-refractivity contribution in [2.24, 2.45) is 13.0 Å². The second kappa shape index (κ2) is 10.4. The van der Waals surface area contributed by atoms with Gasteiger partial charge >= 0.3 is 0 Å². The maximum absolute atomic E-state index is 13.4. The predicted octanol–water partition coefficient (Wildman–Crippen LogP) is 2.64. The van der Waals surface area contributed by atoms with Crippen LogP contribution in [-0.2, 0) is 29.6 Å². The molecule has 1 aliphatic heterocycles. The van der Waals surface area contributed by atoms with Gasteiger partial charge in [0.05, 0.1) is 0 Å². The van der Waals surface area contributed by atoms with Crippen LogP contribution in [0.4, 0.5) is 10.1 Å². The molecule has 32 heavy (non-hydrogen) atoms. The van der Waals surface area contributed by atoms with Crippen LogP contribution in [-0.4, -0.2) is 45.5 Å². The maximum Gasteiger partial charge on any atom is 0.276 e. The van der Waals surface area contributed by atoms with Gasteiger partial charge in [0.15, 0.2) is 5.69 Å². The zero-order valence-corrected chi connectivity index (χ0v) is 18.8. The van der Waals surface area contributed by atoms with Crippen molar-refractivity contribution < 1.29 is 18.8 Å². The Balaban J connectivity index is 1.61. The number of nitrogens with one attached hydrogen (secondary N) is 2. The van der Waals surface area contributed by atoms with Crippen LogP contribution in [0.1, 0.15) is 54.9 Å². The number of benzene rings is 1. The lowest BCUT2D eigenvalue weighted by Gasteiger charge is -2.27. The number of rotatable bonds is 8. The quantitative estimate of drug-likeness (QED) is 0.656. The molecule has 1 aromatic carbocycles. The Kier molecular flexibility index (Phi) is 7.61. The number of aromatic nitrogens is 2. The lowest BCUT2D eigenvalue weighted by molar-refractivity contribution is -0.134. The summed E-state index contributed by atoms with van der Waals surface area (Å²) in [5.74, 6) is -0.656. The Morgan fingerprint density at radius 3 is 2.72 bits per heavy atom. The predicted molar refractivity (Wildman–Crippen MR) is 118 cm³/mol. The summed E-state index contributed by atoms with van der Waals surface area (Å²) in [6.07, 6.45) is 1.72. The molecule has 1 aliphatic rings. The minimum Gasteiger partial charge on any atom is -0.356 e. The SMILES string of the molecule is CC(C)CCNC(=O)CCC(=O)N1CCc2c(c(C(=O)Nc3cccc(F)c3)nn2C)C1. The first kappa shape index (κ1) is 23.4. The van der Waals surface area contributed by atoms with Crippen LogP contribution in [0.5, 0.6) is 0 Å². The van der Waals surface area contributed by atoms with E-state index in [0.29, 0.717) is 36.7 Å². The Morgan fingerprint density at radius 2 is 2.00 bits per heavy atom. The number of hydrogen-bond donors (Lipinski definition) is 2. The van der Waals surface area contributed by atoms with E-state index in [0.717, 1.165) is 12.1 Å². The smallest absolute Gasteiger partial charge is 0.276 e. The Morgan fingerprint density at radius 1 is 1.22 bits per heavy atom. The average Bonchev–Trinajstić information content (AvgIpc) is 3.08. The third-order valence-electron chi connectivity index (χ3n) is 5.50. The van der Waals surface area contributed by atoms with Gasteiger partial charge in [-0.25, -0.2) is 4.39 Å². The molecule has 9 heteroatoms. The van der Waals surface area contributed by atoms with Gasteiger partial charge in [-0.15, -0.1) is 0 Å². The fourth-order valence-electron chi connectivity index (χ4n) is 3.71. The fraction of sp³-hybridized carbons (Fsp3) is 0.478. The van der Waals surface area contributed by atoms with E-state index in [1.54, 1.807) is 22.7 Å². The molecule has 0 saturated heterocycles.